The van der Waals surface area contributed by atoms with Gasteiger partial charge in [0, 0.05) is 108 Å². The Morgan fingerprint density at radius 1 is 0.347 bits per heavy atom. The average molecular weight is 1080 g/mol. The summed E-state index contributed by atoms with van der Waals surface area (Å²) in [6, 6.07) is -0.740. The van der Waals surface area contributed by atoms with Gasteiger partial charge >= 0.3 is 0 Å². The second-order valence-corrected chi connectivity index (χ2v) is 20.0. The van der Waals surface area contributed by atoms with Crippen LogP contribution in [0.15, 0.2) is 0 Å². The molecule has 27 nitrogen and oxygen atoms in total. The molecule has 0 fully saturated rings. The number of ketones is 1. The van der Waals surface area contributed by atoms with Gasteiger partial charge in [0.05, 0.1) is 77.2 Å². The highest BCUT2D eigenvalue weighted by Gasteiger charge is 2.27. The van der Waals surface area contributed by atoms with Gasteiger partial charge in [0.25, 0.3) is 0 Å². The first-order chi connectivity index (χ1) is 34.7. The normalized spacial score (nSPS) is 11.1. The summed E-state index contributed by atoms with van der Waals surface area (Å²) in [5, 5.41) is 7.93. The van der Waals surface area contributed by atoms with Crippen molar-refractivity contribution in [3.8, 4) is 0 Å². The number of rotatable bonds is 32. The second-order valence-electron chi connectivity index (χ2n) is 18.9. The molecule has 0 aromatic carbocycles. The number of amides is 13. The van der Waals surface area contributed by atoms with E-state index >= 15 is 0 Å². The minimum Gasteiger partial charge on any atom is -0.355 e. The predicted molar refractivity (Wildman–Crippen MR) is 277 cm³/mol. The first-order valence-corrected chi connectivity index (χ1v) is 25.2. The largest absolute Gasteiger partial charge is 0.355 e. The van der Waals surface area contributed by atoms with E-state index < -0.39 is 123 Å². The lowest BCUT2D eigenvalue weighted by atomic mass is 10.0. The van der Waals surface area contributed by atoms with Crippen LogP contribution in [0, 0.1) is 11.8 Å². The number of nitrogens with one attached hydrogen (secondary N) is 3. The first-order valence-electron chi connectivity index (χ1n) is 24.0. The smallest absolute Gasteiger partial charge is 0.242 e. The van der Waals surface area contributed by atoms with Gasteiger partial charge in [-0.05, 0) is 6.92 Å². The van der Waals surface area contributed by atoms with Gasteiger partial charge in [-0.3, -0.25) is 67.1 Å². The van der Waals surface area contributed by atoms with Gasteiger partial charge in [-0.2, -0.15) is 11.8 Å². The summed E-state index contributed by atoms with van der Waals surface area (Å²) in [6.45, 7) is 4.65. The molecule has 13 amide bonds. The maximum atomic E-state index is 13.0. The van der Waals surface area contributed by atoms with E-state index in [2.05, 4.69) is 16.0 Å². The highest BCUT2D eigenvalue weighted by atomic mass is 32.2. The number of carbonyl (C=O) groups is 14. The Morgan fingerprint density at radius 2 is 0.627 bits per heavy atom. The fourth-order valence-corrected chi connectivity index (χ4v) is 6.71. The molecule has 28 heteroatoms. The van der Waals surface area contributed by atoms with Crippen molar-refractivity contribution in [3.63, 3.8) is 0 Å². The number of thioether (sulfide) groups is 1. The van der Waals surface area contributed by atoms with Gasteiger partial charge in [0.2, 0.25) is 76.8 Å². The summed E-state index contributed by atoms with van der Waals surface area (Å²) < 4.78 is 0. The van der Waals surface area contributed by atoms with Gasteiger partial charge in [-0.25, -0.2) is 0 Å². The zero-order chi connectivity index (χ0) is 58.0. The Morgan fingerprint density at radius 3 is 0.907 bits per heavy atom. The fourth-order valence-electron chi connectivity index (χ4n) is 6.03. The molecule has 0 aliphatic rings. The van der Waals surface area contributed by atoms with E-state index in [-0.39, 0.29) is 61.2 Å². The van der Waals surface area contributed by atoms with Crippen LogP contribution >= 0.6 is 11.8 Å². The zero-order valence-electron chi connectivity index (χ0n) is 46.4. The average Bonchev–Trinajstić information content (AvgIpc) is 3.32. The monoisotopic (exact) mass is 1080 g/mol. The van der Waals surface area contributed by atoms with Gasteiger partial charge in [0.1, 0.15) is 0 Å². The van der Waals surface area contributed by atoms with Crippen LogP contribution in [-0.4, -0.2) is 298 Å². The summed E-state index contributed by atoms with van der Waals surface area (Å²) in [6.07, 6.45) is -0.0710. The van der Waals surface area contributed by atoms with Crippen molar-refractivity contribution in [1.29, 1.82) is 0 Å². The van der Waals surface area contributed by atoms with E-state index in [9.17, 15) is 67.1 Å². The maximum absolute atomic E-state index is 13.0. The minimum absolute atomic E-state index is 0.0465. The Balaban J connectivity index is 4.82. The third-order valence-corrected chi connectivity index (χ3v) is 12.3. The summed E-state index contributed by atoms with van der Waals surface area (Å²) in [5.41, 5.74) is 0. The molecule has 424 valence electrons. The molecule has 0 radical (unpaired) electrons. The Labute approximate surface area is 444 Å². The number of hydrogen-bond acceptors (Lipinski definition) is 15. The van der Waals surface area contributed by atoms with Gasteiger partial charge < -0.3 is 64.9 Å². The zero-order valence-corrected chi connectivity index (χ0v) is 47.3. The third-order valence-electron chi connectivity index (χ3n) is 11.3. The van der Waals surface area contributed by atoms with Crippen molar-refractivity contribution in [2.24, 2.45) is 11.8 Å². The summed E-state index contributed by atoms with van der Waals surface area (Å²) in [5.74, 6) is -6.79. The molecule has 0 unspecified atom stereocenters. The van der Waals surface area contributed by atoms with Crippen LogP contribution in [0.2, 0.25) is 0 Å². The SMILES string of the molecule is CC(C)C(=O)NCCSCC(=O)NCCC(=O)N(C)CC(=O)N(C)CC(=O)N(C)CC(=O)N(C)CC(=O)N(C)CC(=O)N(C)CC(=O)N(C)CC(=O)N(C)CC(=O)N(C)CC(=O)N(C)CC(=O)N[C@@H](C)C(=O)C(C)C. The molecule has 0 saturated carbocycles. The molecule has 0 rings (SSSR count). The Bertz CT molecular complexity index is 2080. The van der Waals surface area contributed by atoms with Crippen LogP contribution < -0.4 is 16.0 Å². The van der Waals surface area contributed by atoms with Gasteiger partial charge in [0.15, 0.2) is 5.78 Å². The van der Waals surface area contributed by atoms with E-state index in [4.69, 9.17) is 0 Å². The molecule has 1 atom stereocenters. The van der Waals surface area contributed by atoms with E-state index in [0.717, 1.165) is 49.0 Å². The molecule has 3 N–H and O–H groups in total. The number of hydrogen-bond donors (Lipinski definition) is 3. The highest BCUT2D eigenvalue weighted by molar-refractivity contribution is 7.99. The number of carbonyl (C=O) groups excluding carboxylic acids is 14. The number of nitrogens with zero attached hydrogens (tertiary/aromatic N) is 10. The van der Waals surface area contributed by atoms with Crippen molar-refractivity contribution in [3.05, 3.63) is 0 Å². The summed E-state index contributed by atoms with van der Waals surface area (Å²) in [4.78, 5) is 187. The lowest BCUT2D eigenvalue weighted by molar-refractivity contribution is -0.146. The van der Waals surface area contributed by atoms with E-state index in [1.54, 1.807) is 34.6 Å². The van der Waals surface area contributed by atoms with Crippen LogP contribution in [0.5, 0.6) is 0 Å². The van der Waals surface area contributed by atoms with Crippen LogP contribution in [0.4, 0.5) is 0 Å². The van der Waals surface area contributed by atoms with E-state index in [0.29, 0.717) is 12.3 Å². The summed E-state index contributed by atoms with van der Waals surface area (Å²) >= 11 is 1.33. The highest BCUT2D eigenvalue weighted by Crippen LogP contribution is 2.04. The topological polar surface area (TPSA) is 307 Å². The molecule has 0 aromatic rings. The standard InChI is InChI=1S/C47H81N13O14S/c1-31(2)46(73)33(5)50-34(61)20-51(6)37(64)22-53(8)39(66)24-55(10)41(68)26-57(12)43(70)28-59(14)45(72)29-60(15)44(71)27-58(13)42(69)25-56(11)40(67)23-54(9)38(65)21-52(7)36(63)16-17-48-35(62)30-75-19-18-49-47(74)32(3)4/h31-33H,16-30H2,1-15H3,(H,48,62)(H,49,74)(H,50,61)/t33-/m0/s1. The third kappa shape index (κ3) is 26.8. The molecule has 0 spiro atoms. The van der Waals surface area contributed by atoms with Crippen LogP contribution in [-0.2, 0) is 67.1 Å². The number of likely N-dealkylation sites (N-methyl/N-ethyl adjacent to an activating group) is 10. The van der Waals surface area contributed by atoms with Gasteiger partial charge in [-0.1, -0.05) is 27.7 Å². The van der Waals surface area contributed by atoms with E-state index in [1.165, 1.54) is 82.2 Å². The molecule has 0 bridgehead atoms. The first kappa shape index (κ1) is 68.1. The lowest BCUT2D eigenvalue weighted by Gasteiger charge is -2.27. The molecule has 0 aliphatic heterocycles. The van der Waals surface area contributed by atoms with Crippen molar-refractivity contribution in [2.45, 2.75) is 47.1 Å². The molecule has 75 heavy (non-hydrogen) atoms. The summed E-state index contributed by atoms with van der Waals surface area (Å²) in [7, 11) is 13.4. The van der Waals surface area contributed by atoms with Crippen molar-refractivity contribution >= 4 is 94.3 Å². The molecule has 0 saturated heterocycles. The van der Waals surface area contributed by atoms with Crippen molar-refractivity contribution < 1.29 is 67.1 Å². The lowest BCUT2D eigenvalue weighted by Crippen LogP contribution is -2.49. The Hall–Kier alpha value is -6.87. The van der Waals surface area contributed by atoms with E-state index in [1.807, 2.05) is 0 Å². The van der Waals surface area contributed by atoms with Crippen molar-refractivity contribution in [2.75, 3.05) is 161 Å². The fraction of sp³-hybridized carbons (Fsp3) is 0.702. The number of Topliss-reactive ketones (excluding diaryl/α,β-unsaturated/α-hetero) is 1. The van der Waals surface area contributed by atoms with Crippen molar-refractivity contribution in [1.82, 2.24) is 64.9 Å². The Kier molecular flexibility index (Phi) is 30.7. The quantitative estimate of drug-likeness (QED) is 0.0534. The predicted octanol–water partition coefficient (Wildman–Crippen LogP) is -4.69. The minimum atomic E-state index is -0.740. The van der Waals surface area contributed by atoms with Gasteiger partial charge in [-0.15, -0.1) is 0 Å². The molecule has 0 heterocycles. The second kappa shape index (κ2) is 33.8. The molecular weight excluding hydrogens is 1000 g/mol. The maximum Gasteiger partial charge on any atom is 0.242 e. The van der Waals surface area contributed by atoms with Crippen LogP contribution in [0.25, 0.3) is 0 Å². The van der Waals surface area contributed by atoms with Crippen LogP contribution in [0.1, 0.15) is 41.0 Å². The molecule has 0 aliphatic carbocycles. The van der Waals surface area contributed by atoms with Crippen LogP contribution in [0.3, 0.4) is 0 Å². The molecular formula is C47H81N13O14S. The molecule has 0 aromatic heterocycles.